The number of allylic oxidation sites excluding steroid dienone is 1. The fourth-order valence-corrected chi connectivity index (χ4v) is 3.63. The number of ether oxygens (including phenoxy) is 4. The Bertz CT molecular complexity index is 1370. The molecular formula is C30H30F2N2O7. The number of esters is 2. The van der Waals surface area contributed by atoms with Crippen LogP contribution in [0.5, 0.6) is 11.5 Å². The number of carbonyl (C=O) groups excluding carboxylic acids is 3. The summed E-state index contributed by atoms with van der Waals surface area (Å²) in [5.74, 6) is -3.17. The second kappa shape index (κ2) is 14.0. The van der Waals surface area contributed by atoms with E-state index in [1.165, 1.54) is 81.8 Å². The molecule has 3 aromatic rings. The number of benzene rings is 2. The van der Waals surface area contributed by atoms with Crippen LogP contribution in [0.4, 0.5) is 8.78 Å². The minimum Gasteiger partial charge on any atom is -0.493 e. The van der Waals surface area contributed by atoms with Gasteiger partial charge in [-0.05, 0) is 49.2 Å². The molecule has 1 heterocycles. The van der Waals surface area contributed by atoms with Crippen LogP contribution in [0.2, 0.25) is 0 Å². The van der Waals surface area contributed by atoms with Gasteiger partial charge in [-0.1, -0.05) is 38.1 Å². The van der Waals surface area contributed by atoms with Crippen molar-refractivity contribution in [1.29, 1.82) is 0 Å². The van der Waals surface area contributed by atoms with Crippen molar-refractivity contribution in [3.8, 4) is 11.5 Å². The highest BCUT2D eigenvalue weighted by molar-refractivity contribution is 5.98. The van der Waals surface area contributed by atoms with Crippen molar-refractivity contribution in [3.63, 3.8) is 0 Å². The van der Waals surface area contributed by atoms with E-state index in [1.807, 2.05) is 0 Å². The molecule has 0 aliphatic heterocycles. The molecule has 1 aromatic heterocycles. The summed E-state index contributed by atoms with van der Waals surface area (Å²) >= 11 is 0. The maximum Gasteiger partial charge on any atom is 0.333 e. The van der Waals surface area contributed by atoms with Crippen LogP contribution in [0.1, 0.15) is 49.3 Å². The molecule has 1 N–H and O–H groups in total. The highest BCUT2D eigenvalue weighted by atomic mass is 19.1. The Hall–Kier alpha value is -4.80. The predicted octanol–water partition coefficient (Wildman–Crippen LogP) is 5.04. The zero-order valence-corrected chi connectivity index (χ0v) is 23.2. The average Bonchev–Trinajstić information content (AvgIpc) is 2.94. The molecule has 0 bridgehead atoms. The first-order valence-corrected chi connectivity index (χ1v) is 12.6. The van der Waals surface area contributed by atoms with Gasteiger partial charge in [0, 0.05) is 17.8 Å². The Morgan fingerprint density at radius 3 is 1.95 bits per heavy atom. The predicted molar refractivity (Wildman–Crippen MR) is 145 cm³/mol. The van der Waals surface area contributed by atoms with Crippen LogP contribution in [-0.4, -0.2) is 42.8 Å². The van der Waals surface area contributed by atoms with E-state index in [1.54, 1.807) is 13.8 Å². The van der Waals surface area contributed by atoms with E-state index in [2.05, 4.69) is 10.3 Å². The van der Waals surface area contributed by atoms with E-state index in [9.17, 15) is 23.2 Å². The summed E-state index contributed by atoms with van der Waals surface area (Å²) in [5.41, 5.74) is 1.27. The molecule has 0 aliphatic carbocycles. The van der Waals surface area contributed by atoms with Crippen molar-refractivity contribution in [2.24, 2.45) is 5.92 Å². The van der Waals surface area contributed by atoms with Gasteiger partial charge >= 0.3 is 11.9 Å². The maximum absolute atomic E-state index is 13.6. The monoisotopic (exact) mass is 568 g/mol. The summed E-state index contributed by atoms with van der Waals surface area (Å²) in [5, 5.41) is 2.50. The first-order valence-electron chi connectivity index (χ1n) is 12.6. The molecule has 0 unspecified atom stereocenters. The van der Waals surface area contributed by atoms with Gasteiger partial charge in [-0.15, -0.1) is 0 Å². The molecule has 0 fully saturated rings. The molecule has 41 heavy (non-hydrogen) atoms. The zero-order chi connectivity index (χ0) is 30.1. The number of rotatable bonds is 11. The Morgan fingerprint density at radius 2 is 1.44 bits per heavy atom. The lowest BCUT2D eigenvalue weighted by Gasteiger charge is -2.18. The largest absolute Gasteiger partial charge is 0.493 e. The Balaban J connectivity index is 1.80. The number of hydrogen-bond acceptors (Lipinski definition) is 8. The van der Waals surface area contributed by atoms with Crippen LogP contribution in [-0.2, 0) is 19.1 Å². The van der Waals surface area contributed by atoms with Crippen LogP contribution in [0.3, 0.4) is 0 Å². The fraction of sp³-hybridized carbons (Fsp3) is 0.267. The third-order valence-corrected chi connectivity index (χ3v) is 5.75. The molecule has 2 aromatic carbocycles. The highest BCUT2D eigenvalue weighted by Crippen LogP contribution is 2.30. The number of pyridine rings is 1. The number of amides is 1. The van der Waals surface area contributed by atoms with Gasteiger partial charge in [0.15, 0.2) is 17.2 Å². The molecule has 0 saturated heterocycles. The van der Waals surface area contributed by atoms with Crippen LogP contribution in [0.15, 0.2) is 66.6 Å². The summed E-state index contributed by atoms with van der Waals surface area (Å²) < 4.78 is 48.4. The quantitative estimate of drug-likeness (QED) is 0.194. The molecule has 9 nitrogen and oxygen atoms in total. The third kappa shape index (κ3) is 8.10. The van der Waals surface area contributed by atoms with Crippen molar-refractivity contribution in [3.05, 3.63) is 95.0 Å². The smallest absolute Gasteiger partial charge is 0.333 e. The van der Waals surface area contributed by atoms with Crippen LogP contribution in [0, 0.1) is 17.6 Å². The second-order valence-electron chi connectivity index (χ2n) is 9.13. The lowest BCUT2D eigenvalue weighted by atomic mass is 9.97. The number of nitrogens with one attached hydrogen (secondary N) is 1. The minimum atomic E-state index is -1.15. The van der Waals surface area contributed by atoms with Crippen molar-refractivity contribution in [2.75, 3.05) is 13.9 Å². The normalized spacial score (nSPS) is 11.3. The number of methoxy groups -OCH3 is 1. The number of aromatic nitrogens is 1. The van der Waals surface area contributed by atoms with E-state index >= 15 is 0 Å². The lowest BCUT2D eigenvalue weighted by Crippen LogP contribution is -2.40. The Labute approximate surface area is 236 Å². The van der Waals surface area contributed by atoms with E-state index in [0.29, 0.717) is 16.7 Å². The number of halogens is 2. The van der Waals surface area contributed by atoms with Crippen molar-refractivity contribution in [1.82, 2.24) is 10.3 Å². The van der Waals surface area contributed by atoms with Crippen molar-refractivity contribution in [2.45, 2.75) is 33.7 Å². The minimum absolute atomic E-state index is 0.0874. The first-order chi connectivity index (χ1) is 19.5. The molecule has 0 spiro atoms. The summed E-state index contributed by atoms with van der Waals surface area (Å²) in [4.78, 5) is 41.9. The zero-order valence-electron chi connectivity index (χ0n) is 23.2. The molecule has 11 heteroatoms. The molecule has 0 radical (unpaired) electrons. The van der Waals surface area contributed by atoms with Crippen LogP contribution in [0.25, 0.3) is 5.57 Å². The van der Waals surface area contributed by atoms with Crippen molar-refractivity contribution >= 4 is 23.4 Å². The molecule has 216 valence electrons. The fourth-order valence-electron chi connectivity index (χ4n) is 3.63. The van der Waals surface area contributed by atoms with Gasteiger partial charge in [0.25, 0.3) is 5.91 Å². The lowest BCUT2D eigenvalue weighted by molar-refractivity contribution is -0.154. The van der Waals surface area contributed by atoms with E-state index in [0.717, 1.165) is 0 Å². The Kier molecular flexibility index (Phi) is 10.5. The Morgan fingerprint density at radius 1 is 0.878 bits per heavy atom. The van der Waals surface area contributed by atoms with Gasteiger partial charge in [-0.25, -0.2) is 18.6 Å². The van der Waals surface area contributed by atoms with Crippen LogP contribution < -0.4 is 14.8 Å². The van der Waals surface area contributed by atoms with Crippen molar-refractivity contribution < 1.29 is 42.1 Å². The van der Waals surface area contributed by atoms with E-state index in [-0.39, 0.29) is 28.9 Å². The van der Waals surface area contributed by atoms with Gasteiger partial charge in [0.05, 0.1) is 13.0 Å². The molecule has 0 saturated carbocycles. The molecule has 3 rings (SSSR count). The average molecular weight is 569 g/mol. The third-order valence-electron chi connectivity index (χ3n) is 5.75. The summed E-state index contributed by atoms with van der Waals surface area (Å²) in [7, 11) is 1.36. The van der Waals surface area contributed by atoms with Crippen LogP contribution >= 0.6 is 0 Å². The van der Waals surface area contributed by atoms with E-state index < -0.39 is 42.3 Å². The summed E-state index contributed by atoms with van der Waals surface area (Å²) in [6.07, 6.45) is 1.31. The molecule has 1 amide bonds. The summed E-state index contributed by atoms with van der Waals surface area (Å²) in [6, 6.07) is 11.3. The van der Waals surface area contributed by atoms with Gasteiger partial charge < -0.3 is 24.3 Å². The first kappa shape index (κ1) is 30.7. The highest BCUT2D eigenvalue weighted by Gasteiger charge is 2.25. The maximum atomic E-state index is 13.6. The SMILES string of the molecule is COc1ccnc(C(=O)N[C@@H](C)C(=O)OC(C)=C(c2ccc(F)cc2)c2ccc(F)cc2)c1OCOC(=O)C(C)C. The second-order valence-corrected chi connectivity index (χ2v) is 9.13. The van der Waals surface area contributed by atoms with Gasteiger partial charge in [-0.2, -0.15) is 0 Å². The summed E-state index contributed by atoms with van der Waals surface area (Å²) in [6.45, 7) is 5.77. The van der Waals surface area contributed by atoms with Gasteiger partial charge in [-0.3, -0.25) is 9.59 Å². The number of carbonyl (C=O) groups is 3. The van der Waals surface area contributed by atoms with Gasteiger partial charge in [0.2, 0.25) is 6.79 Å². The number of nitrogens with zero attached hydrogens (tertiary/aromatic N) is 1. The molecule has 0 aliphatic rings. The van der Waals surface area contributed by atoms with E-state index in [4.69, 9.17) is 18.9 Å². The molecular weight excluding hydrogens is 538 g/mol. The molecule has 1 atom stereocenters. The van der Waals surface area contributed by atoms with Gasteiger partial charge in [0.1, 0.15) is 23.4 Å². The topological polar surface area (TPSA) is 113 Å². The number of hydrogen-bond donors (Lipinski definition) is 1. The standard InChI is InChI=1S/C30H30F2N2O7/c1-17(2)29(36)40-16-39-27-24(38-5)14-15-33-26(27)28(35)34-18(3)30(37)41-19(4)25(20-6-10-22(31)11-7-20)21-8-12-23(32)13-9-21/h6-15,17-18H,16H2,1-5H3,(H,34,35)/t18-/m0/s1.